The van der Waals surface area contributed by atoms with Crippen molar-refractivity contribution in [1.29, 1.82) is 0 Å². The number of rotatable bonds is 3. The SMILES string of the molecule is CNc1ccc2c(c1)[Si](C)(C)c1cc(N(C)C)ccc1C2c1ccccc1C. The lowest BCUT2D eigenvalue weighted by Gasteiger charge is -2.40. The van der Waals surface area contributed by atoms with Crippen molar-refractivity contribution in [3.63, 3.8) is 0 Å². The fraction of sp³-hybridized carbons (Fsp3) is 0.280. The monoisotopic (exact) mass is 386 g/mol. The second-order valence-electron chi connectivity index (χ2n) is 8.63. The molecule has 0 saturated heterocycles. The molecule has 0 spiro atoms. The number of nitrogens with zero attached hydrogens (tertiary/aromatic N) is 1. The number of benzene rings is 3. The van der Waals surface area contributed by atoms with Crippen LogP contribution in [0.3, 0.4) is 0 Å². The topological polar surface area (TPSA) is 15.3 Å². The van der Waals surface area contributed by atoms with Gasteiger partial charge in [0, 0.05) is 38.4 Å². The Morgan fingerprint density at radius 3 is 2.11 bits per heavy atom. The van der Waals surface area contributed by atoms with Gasteiger partial charge in [0.25, 0.3) is 0 Å². The summed E-state index contributed by atoms with van der Waals surface area (Å²) in [5.74, 6) is 0.300. The third-order valence-electron chi connectivity index (χ3n) is 6.36. The molecule has 28 heavy (non-hydrogen) atoms. The summed E-state index contributed by atoms with van der Waals surface area (Å²) in [6.07, 6.45) is 0. The maximum absolute atomic E-state index is 3.35. The molecule has 3 heteroatoms. The van der Waals surface area contributed by atoms with Gasteiger partial charge in [-0.2, -0.15) is 0 Å². The van der Waals surface area contributed by atoms with Crippen LogP contribution in [-0.2, 0) is 0 Å². The fourth-order valence-electron chi connectivity index (χ4n) is 4.68. The first-order valence-electron chi connectivity index (χ1n) is 10.0. The predicted molar refractivity (Wildman–Crippen MR) is 126 cm³/mol. The first kappa shape index (κ1) is 18.8. The van der Waals surface area contributed by atoms with Crippen LogP contribution in [-0.4, -0.2) is 29.2 Å². The number of aryl methyl sites for hydroxylation is 1. The van der Waals surface area contributed by atoms with Crippen molar-refractivity contribution in [1.82, 2.24) is 0 Å². The maximum Gasteiger partial charge on any atom is 0.113 e. The summed E-state index contributed by atoms with van der Waals surface area (Å²) in [4.78, 5) is 2.22. The van der Waals surface area contributed by atoms with Crippen molar-refractivity contribution < 1.29 is 0 Å². The van der Waals surface area contributed by atoms with Gasteiger partial charge in [0.1, 0.15) is 8.07 Å². The predicted octanol–water partition coefficient (Wildman–Crippen LogP) is 4.42. The van der Waals surface area contributed by atoms with Crippen molar-refractivity contribution in [2.24, 2.45) is 0 Å². The molecular weight excluding hydrogens is 356 g/mol. The van der Waals surface area contributed by atoms with E-state index in [1.165, 1.54) is 33.6 Å². The molecule has 0 aliphatic carbocycles. The lowest BCUT2D eigenvalue weighted by Crippen LogP contribution is -2.59. The Bertz CT molecular complexity index is 1040. The zero-order valence-electron chi connectivity index (χ0n) is 17.8. The van der Waals surface area contributed by atoms with Gasteiger partial charge in [-0.15, -0.1) is 0 Å². The van der Waals surface area contributed by atoms with Crippen LogP contribution in [0.2, 0.25) is 13.1 Å². The van der Waals surface area contributed by atoms with Gasteiger partial charge in [-0.05, 0) is 63.8 Å². The Kier molecular flexibility index (Phi) is 4.58. The molecule has 4 rings (SSSR count). The molecule has 2 nitrogen and oxygen atoms in total. The summed E-state index contributed by atoms with van der Waals surface area (Å²) in [6, 6.07) is 23.0. The third-order valence-corrected chi connectivity index (χ3v) is 9.92. The number of fused-ring (bicyclic) bond motifs is 2. The minimum absolute atomic E-state index is 0.300. The van der Waals surface area contributed by atoms with Crippen LogP contribution in [0.15, 0.2) is 60.7 Å². The van der Waals surface area contributed by atoms with E-state index in [0.29, 0.717) is 5.92 Å². The fourth-order valence-corrected chi connectivity index (χ4v) is 7.89. The van der Waals surface area contributed by atoms with Crippen molar-refractivity contribution in [2.45, 2.75) is 25.9 Å². The van der Waals surface area contributed by atoms with Crippen LogP contribution in [0.5, 0.6) is 0 Å². The first-order chi connectivity index (χ1) is 13.3. The molecule has 0 fully saturated rings. The summed E-state index contributed by atoms with van der Waals surface area (Å²) in [5, 5.41) is 6.46. The van der Waals surface area contributed by atoms with Gasteiger partial charge in [0.2, 0.25) is 0 Å². The first-order valence-corrected chi connectivity index (χ1v) is 13.0. The Labute approximate surface area is 170 Å². The van der Waals surface area contributed by atoms with Crippen LogP contribution >= 0.6 is 0 Å². The Balaban J connectivity index is 2.05. The molecule has 1 atom stereocenters. The van der Waals surface area contributed by atoms with E-state index in [4.69, 9.17) is 0 Å². The molecule has 0 bridgehead atoms. The Morgan fingerprint density at radius 2 is 1.46 bits per heavy atom. The average Bonchev–Trinajstić information content (AvgIpc) is 2.69. The van der Waals surface area contributed by atoms with Crippen LogP contribution in [0.4, 0.5) is 11.4 Å². The van der Waals surface area contributed by atoms with Gasteiger partial charge in [0.15, 0.2) is 0 Å². The summed E-state index contributed by atoms with van der Waals surface area (Å²) >= 11 is 0. The van der Waals surface area contributed by atoms with E-state index >= 15 is 0 Å². The van der Waals surface area contributed by atoms with Crippen molar-refractivity contribution in [3.05, 3.63) is 82.9 Å². The summed E-state index contributed by atoms with van der Waals surface area (Å²) < 4.78 is 0. The van der Waals surface area contributed by atoms with Crippen LogP contribution in [0.25, 0.3) is 0 Å². The van der Waals surface area contributed by atoms with E-state index < -0.39 is 8.07 Å². The largest absolute Gasteiger partial charge is 0.388 e. The van der Waals surface area contributed by atoms with Crippen molar-refractivity contribution in [2.75, 3.05) is 31.4 Å². The standard InChI is InChI=1S/C25H30N2Si/c1-17-9-7-8-10-20(17)25-21-13-11-18(26-2)15-23(21)28(5,6)24-16-19(27(3)4)12-14-22(24)25/h7-16,25-26H,1-6H3. The van der Waals surface area contributed by atoms with Crippen LogP contribution < -0.4 is 20.6 Å². The lowest BCUT2D eigenvalue weighted by atomic mass is 9.82. The van der Waals surface area contributed by atoms with Gasteiger partial charge in [0.05, 0.1) is 0 Å². The van der Waals surface area contributed by atoms with E-state index in [9.17, 15) is 0 Å². The molecule has 3 aromatic carbocycles. The third kappa shape index (κ3) is 2.85. The Hall–Kier alpha value is -2.52. The highest BCUT2D eigenvalue weighted by molar-refractivity contribution is 7.01. The zero-order valence-corrected chi connectivity index (χ0v) is 18.8. The van der Waals surface area contributed by atoms with Gasteiger partial charge in [-0.3, -0.25) is 0 Å². The molecule has 144 valence electrons. The van der Waals surface area contributed by atoms with Gasteiger partial charge < -0.3 is 10.2 Å². The Morgan fingerprint density at radius 1 is 0.821 bits per heavy atom. The van der Waals surface area contributed by atoms with Gasteiger partial charge >= 0.3 is 0 Å². The van der Waals surface area contributed by atoms with Crippen molar-refractivity contribution in [3.8, 4) is 0 Å². The highest BCUT2D eigenvalue weighted by Gasteiger charge is 2.40. The van der Waals surface area contributed by atoms with E-state index in [1.807, 2.05) is 7.05 Å². The van der Waals surface area contributed by atoms with Crippen LogP contribution in [0, 0.1) is 6.92 Å². The number of hydrogen-bond donors (Lipinski definition) is 1. The smallest absolute Gasteiger partial charge is 0.113 e. The average molecular weight is 387 g/mol. The molecule has 1 heterocycles. The van der Waals surface area contributed by atoms with Gasteiger partial charge in [-0.25, -0.2) is 0 Å². The molecule has 0 saturated carbocycles. The molecule has 1 aliphatic heterocycles. The lowest BCUT2D eigenvalue weighted by molar-refractivity contribution is 0.966. The highest BCUT2D eigenvalue weighted by Crippen LogP contribution is 2.38. The molecule has 1 unspecified atom stereocenters. The van der Waals surface area contributed by atoms with Crippen molar-refractivity contribution >= 4 is 29.8 Å². The molecule has 3 aromatic rings. The summed E-state index contributed by atoms with van der Waals surface area (Å²) in [6.45, 7) is 7.23. The molecule has 0 amide bonds. The molecule has 0 aromatic heterocycles. The maximum atomic E-state index is 3.35. The summed E-state index contributed by atoms with van der Waals surface area (Å²) in [5.41, 5.74) is 8.24. The van der Waals surface area contributed by atoms with E-state index in [0.717, 1.165) is 0 Å². The number of nitrogens with one attached hydrogen (secondary N) is 1. The van der Waals surface area contributed by atoms with E-state index in [1.54, 1.807) is 10.4 Å². The number of hydrogen-bond acceptors (Lipinski definition) is 2. The minimum Gasteiger partial charge on any atom is -0.388 e. The van der Waals surface area contributed by atoms with E-state index in [2.05, 4.69) is 105 Å². The minimum atomic E-state index is -1.82. The second-order valence-corrected chi connectivity index (χ2v) is 13.0. The second kappa shape index (κ2) is 6.82. The van der Waals surface area contributed by atoms with E-state index in [-0.39, 0.29) is 0 Å². The highest BCUT2D eigenvalue weighted by atomic mass is 28.3. The molecular formula is C25H30N2Si. The zero-order chi connectivity index (χ0) is 20.1. The molecule has 0 radical (unpaired) electrons. The number of anilines is 2. The van der Waals surface area contributed by atoms with Crippen LogP contribution in [0.1, 0.15) is 28.2 Å². The van der Waals surface area contributed by atoms with Gasteiger partial charge in [-0.1, -0.05) is 49.5 Å². The quantitative estimate of drug-likeness (QED) is 0.671. The molecule has 1 aliphatic rings. The molecule has 1 N–H and O–H groups in total. The normalized spacial score (nSPS) is 16.9. The summed E-state index contributed by atoms with van der Waals surface area (Å²) in [7, 11) is 4.45.